The molecule has 0 aliphatic heterocycles. The van der Waals surface area contributed by atoms with Crippen LogP contribution >= 0.6 is 15.9 Å². The predicted molar refractivity (Wildman–Crippen MR) is 79.4 cm³/mol. The standard InChI is InChI=1S/C14H16BrFN4/c1-8-5-12(9(2)20-19-8)14(18-17)7-10-6-11(16)3-4-13(10)15/h3-6,14,18H,7,17H2,1-2H3. The van der Waals surface area contributed by atoms with Gasteiger partial charge in [0, 0.05) is 4.47 Å². The highest BCUT2D eigenvalue weighted by atomic mass is 79.9. The van der Waals surface area contributed by atoms with Crippen LogP contribution in [0.3, 0.4) is 0 Å². The van der Waals surface area contributed by atoms with E-state index in [0.717, 1.165) is 27.0 Å². The third-order valence-electron chi connectivity index (χ3n) is 3.15. The average molecular weight is 339 g/mol. The summed E-state index contributed by atoms with van der Waals surface area (Å²) in [5.41, 5.74) is 6.22. The molecule has 1 atom stereocenters. The molecule has 0 fully saturated rings. The number of hydrazine groups is 1. The van der Waals surface area contributed by atoms with E-state index >= 15 is 0 Å². The maximum atomic E-state index is 13.4. The highest BCUT2D eigenvalue weighted by Gasteiger charge is 2.16. The molecule has 20 heavy (non-hydrogen) atoms. The predicted octanol–water partition coefficient (Wildman–Crippen LogP) is 2.74. The topological polar surface area (TPSA) is 63.8 Å². The van der Waals surface area contributed by atoms with E-state index in [9.17, 15) is 4.39 Å². The smallest absolute Gasteiger partial charge is 0.123 e. The van der Waals surface area contributed by atoms with Gasteiger partial charge in [-0.05, 0) is 55.7 Å². The molecule has 2 rings (SSSR count). The quantitative estimate of drug-likeness (QED) is 0.664. The molecule has 1 heterocycles. The number of aromatic nitrogens is 2. The van der Waals surface area contributed by atoms with Crippen LogP contribution in [0.2, 0.25) is 0 Å². The van der Waals surface area contributed by atoms with Crippen LogP contribution in [0.1, 0.15) is 28.6 Å². The summed E-state index contributed by atoms with van der Waals surface area (Å²) in [6, 6.07) is 6.41. The minimum atomic E-state index is -0.264. The zero-order valence-corrected chi connectivity index (χ0v) is 12.9. The molecule has 4 nitrogen and oxygen atoms in total. The number of nitrogens with zero attached hydrogens (tertiary/aromatic N) is 2. The number of halogens is 2. The molecule has 0 aliphatic carbocycles. The van der Waals surface area contributed by atoms with Crippen LogP contribution in [-0.2, 0) is 6.42 Å². The van der Waals surface area contributed by atoms with E-state index in [4.69, 9.17) is 5.84 Å². The van der Waals surface area contributed by atoms with E-state index in [1.807, 2.05) is 19.9 Å². The lowest BCUT2D eigenvalue weighted by atomic mass is 9.98. The van der Waals surface area contributed by atoms with Gasteiger partial charge >= 0.3 is 0 Å². The highest BCUT2D eigenvalue weighted by Crippen LogP contribution is 2.25. The number of benzene rings is 1. The maximum absolute atomic E-state index is 13.4. The van der Waals surface area contributed by atoms with Gasteiger partial charge in [-0.1, -0.05) is 15.9 Å². The molecule has 1 unspecified atom stereocenters. The van der Waals surface area contributed by atoms with Crippen molar-refractivity contribution in [2.24, 2.45) is 5.84 Å². The van der Waals surface area contributed by atoms with Crippen molar-refractivity contribution in [1.82, 2.24) is 15.6 Å². The molecule has 6 heteroatoms. The van der Waals surface area contributed by atoms with Gasteiger partial charge in [0.2, 0.25) is 0 Å². The van der Waals surface area contributed by atoms with Crippen molar-refractivity contribution >= 4 is 15.9 Å². The fourth-order valence-corrected chi connectivity index (χ4v) is 2.51. The third kappa shape index (κ3) is 3.39. The van der Waals surface area contributed by atoms with Crippen molar-refractivity contribution in [2.75, 3.05) is 0 Å². The Morgan fingerprint density at radius 2 is 2.05 bits per heavy atom. The van der Waals surface area contributed by atoms with Gasteiger partial charge in [-0.3, -0.25) is 11.3 Å². The van der Waals surface area contributed by atoms with Crippen molar-refractivity contribution in [3.8, 4) is 0 Å². The molecule has 0 saturated carbocycles. The van der Waals surface area contributed by atoms with E-state index in [1.54, 1.807) is 6.07 Å². The van der Waals surface area contributed by atoms with Crippen molar-refractivity contribution in [3.05, 3.63) is 57.1 Å². The summed E-state index contributed by atoms with van der Waals surface area (Å²) in [5, 5.41) is 8.10. The first-order valence-electron chi connectivity index (χ1n) is 6.22. The highest BCUT2D eigenvalue weighted by molar-refractivity contribution is 9.10. The second-order valence-corrected chi connectivity index (χ2v) is 5.54. The van der Waals surface area contributed by atoms with Gasteiger partial charge in [0.25, 0.3) is 0 Å². The Balaban J connectivity index is 2.33. The summed E-state index contributed by atoms with van der Waals surface area (Å²) < 4.78 is 14.2. The molecule has 0 radical (unpaired) electrons. The Hall–Kier alpha value is -1.37. The summed E-state index contributed by atoms with van der Waals surface area (Å²) in [6.07, 6.45) is 0.556. The Morgan fingerprint density at radius 3 is 2.75 bits per heavy atom. The van der Waals surface area contributed by atoms with Gasteiger partial charge in [0.15, 0.2) is 0 Å². The van der Waals surface area contributed by atoms with Crippen LogP contribution < -0.4 is 11.3 Å². The van der Waals surface area contributed by atoms with Gasteiger partial charge in [0.1, 0.15) is 5.82 Å². The first-order valence-corrected chi connectivity index (χ1v) is 7.01. The fraction of sp³-hybridized carbons (Fsp3) is 0.286. The SMILES string of the molecule is Cc1cc(C(Cc2cc(F)ccc2Br)NN)c(C)nn1. The van der Waals surface area contributed by atoms with Crippen LogP contribution in [0.4, 0.5) is 4.39 Å². The minimum Gasteiger partial charge on any atom is -0.271 e. The number of aryl methyl sites for hydroxylation is 2. The molecular formula is C14H16BrFN4. The lowest BCUT2D eigenvalue weighted by molar-refractivity contribution is 0.540. The Labute approximate surface area is 125 Å². The van der Waals surface area contributed by atoms with E-state index in [1.165, 1.54) is 12.1 Å². The molecule has 0 bridgehead atoms. The second-order valence-electron chi connectivity index (χ2n) is 4.69. The summed E-state index contributed by atoms with van der Waals surface area (Å²) in [4.78, 5) is 0. The Morgan fingerprint density at radius 1 is 1.30 bits per heavy atom. The summed E-state index contributed by atoms with van der Waals surface area (Å²) in [5.74, 6) is 5.39. The lowest BCUT2D eigenvalue weighted by Gasteiger charge is -2.19. The molecule has 3 N–H and O–H groups in total. The lowest BCUT2D eigenvalue weighted by Crippen LogP contribution is -2.30. The molecule has 1 aromatic carbocycles. The van der Waals surface area contributed by atoms with Crippen LogP contribution in [0.15, 0.2) is 28.7 Å². The number of hydrogen-bond donors (Lipinski definition) is 2. The van der Waals surface area contributed by atoms with Crippen molar-refractivity contribution in [1.29, 1.82) is 0 Å². The molecule has 0 saturated heterocycles. The summed E-state index contributed by atoms with van der Waals surface area (Å²) >= 11 is 3.43. The molecular weight excluding hydrogens is 323 g/mol. The summed E-state index contributed by atoms with van der Waals surface area (Å²) in [7, 11) is 0. The molecule has 2 aromatic rings. The maximum Gasteiger partial charge on any atom is 0.123 e. The third-order valence-corrected chi connectivity index (χ3v) is 3.92. The van der Waals surface area contributed by atoms with Gasteiger partial charge < -0.3 is 0 Å². The molecule has 106 valence electrons. The second kappa shape index (κ2) is 6.39. The number of hydrogen-bond acceptors (Lipinski definition) is 4. The summed E-state index contributed by atoms with van der Waals surface area (Å²) in [6.45, 7) is 3.76. The van der Waals surface area contributed by atoms with E-state index in [0.29, 0.717) is 6.42 Å². The van der Waals surface area contributed by atoms with Gasteiger partial charge in [-0.25, -0.2) is 4.39 Å². The molecule has 1 aromatic heterocycles. The zero-order valence-electron chi connectivity index (χ0n) is 11.3. The van der Waals surface area contributed by atoms with Crippen LogP contribution in [-0.4, -0.2) is 10.2 Å². The molecule has 0 spiro atoms. The number of nitrogens with two attached hydrogens (primary N) is 1. The van der Waals surface area contributed by atoms with Crippen LogP contribution in [0.25, 0.3) is 0 Å². The Bertz CT molecular complexity index is 618. The van der Waals surface area contributed by atoms with Gasteiger partial charge in [-0.2, -0.15) is 10.2 Å². The molecule has 0 amide bonds. The first-order chi connectivity index (χ1) is 9.51. The van der Waals surface area contributed by atoms with Crippen molar-refractivity contribution in [3.63, 3.8) is 0 Å². The van der Waals surface area contributed by atoms with Crippen LogP contribution in [0, 0.1) is 19.7 Å². The van der Waals surface area contributed by atoms with Crippen molar-refractivity contribution < 1.29 is 4.39 Å². The minimum absolute atomic E-state index is 0.151. The normalized spacial score (nSPS) is 12.4. The zero-order chi connectivity index (χ0) is 14.7. The van der Waals surface area contributed by atoms with Crippen LogP contribution in [0.5, 0.6) is 0 Å². The number of rotatable bonds is 4. The van der Waals surface area contributed by atoms with E-state index in [-0.39, 0.29) is 11.9 Å². The fourth-order valence-electron chi connectivity index (χ4n) is 2.10. The average Bonchev–Trinajstić information content (AvgIpc) is 2.42. The first kappa shape index (κ1) is 15.0. The largest absolute Gasteiger partial charge is 0.271 e. The van der Waals surface area contributed by atoms with E-state index in [2.05, 4.69) is 31.6 Å². The van der Waals surface area contributed by atoms with Gasteiger partial charge in [-0.15, -0.1) is 0 Å². The van der Waals surface area contributed by atoms with Gasteiger partial charge in [0.05, 0.1) is 17.4 Å². The molecule has 0 aliphatic rings. The van der Waals surface area contributed by atoms with E-state index < -0.39 is 0 Å². The Kier molecular flexibility index (Phi) is 4.80. The number of nitrogens with one attached hydrogen (secondary N) is 1. The monoisotopic (exact) mass is 338 g/mol. The van der Waals surface area contributed by atoms with Crippen molar-refractivity contribution in [2.45, 2.75) is 26.3 Å².